The first-order chi connectivity index (χ1) is 10.4. The van der Waals surface area contributed by atoms with Gasteiger partial charge in [0.15, 0.2) is 11.5 Å². The number of hydrogen-bond donors (Lipinski definition) is 2. The Bertz CT molecular complexity index is 641. The second kappa shape index (κ2) is 6.99. The van der Waals surface area contributed by atoms with Gasteiger partial charge in [0, 0.05) is 0 Å². The van der Waals surface area contributed by atoms with Gasteiger partial charge in [0.2, 0.25) is 0 Å². The van der Waals surface area contributed by atoms with Crippen molar-refractivity contribution in [1.29, 1.82) is 0 Å². The fourth-order valence-electron chi connectivity index (χ4n) is 1.93. The quantitative estimate of drug-likeness (QED) is 0.440. The maximum absolute atomic E-state index is 11.6. The lowest BCUT2D eigenvalue weighted by molar-refractivity contribution is -0.115. The number of rotatable bonds is 5. The smallest absolute Gasteiger partial charge is 0.326 e. The van der Waals surface area contributed by atoms with Crippen LogP contribution in [-0.2, 0) is 4.79 Å². The first-order valence-electron chi connectivity index (χ1n) is 6.87. The van der Waals surface area contributed by atoms with Crippen LogP contribution in [0, 0.1) is 3.57 Å². The molecular formula is C15H17IN2O4. The molecule has 1 aliphatic rings. The van der Waals surface area contributed by atoms with Gasteiger partial charge in [-0.15, -0.1) is 0 Å². The molecule has 3 amide bonds. The molecule has 0 unspecified atom stereocenters. The van der Waals surface area contributed by atoms with Gasteiger partial charge in [-0.2, -0.15) is 0 Å². The third-order valence-corrected chi connectivity index (χ3v) is 3.52. The lowest BCUT2D eigenvalue weighted by Crippen LogP contribution is -2.22. The molecule has 1 saturated heterocycles. The number of benzene rings is 1. The lowest BCUT2D eigenvalue weighted by atomic mass is 10.1. The molecule has 0 aromatic heterocycles. The average Bonchev–Trinajstić information content (AvgIpc) is 2.72. The highest BCUT2D eigenvalue weighted by Crippen LogP contribution is 2.35. The molecular weight excluding hydrogens is 399 g/mol. The lowest BCUT2D eigenvalue weighted by Gasteiger charge is -2.17. The third-order valence-electron chi connectivity index (χ3n) is 2.72. The Hall–Kier alpha value is -1.77. The van der Waals surface area contributed by atoms with Crippen LogP contribution < -0.4 is 20.1 Å². The summed E-state index contributed by atoms with van der Waals surface area (Å²) in [6.07, 6.45) is 1.63. The van der Waals surface area contributed by atoms with Crippen molar-refractivity contribution in [3.05, 3.63) is 27.0 Å². The summed E-state index contributed by atoms with van der Waals surface area (Å²) in [4.78, 5) is 22.7. The number of ether oxygens (including phenoxy) is 2. The van der Waals surface area contributed by atoms with Crippen LogP contribution in [0.25, 0.3) is 6.08 Å². The molecule has 0 radical (unpaired) electrons. The van der Waals surface area contributed by atoms with E-state index in [1.54, 1.807) is 12.1 Å². The van der Waals surface area contributed by atoms with Crippen molar-refractivity contribution in [2.24, 2.45) is 0 Å². The Morgan fingerprint density at radius 3 is 2.55 bits per heavy atom. The molecule has 1 aromatic carbocycles. The monoisotopic (exact) mass is 416 g/mol. The predicted octanol–water partition coefficient (Wildman–Crippen LogP) is 2.66. The first kappa shape index (κ1) is 16.6. The van der Waals surface area contributed by atoms with Crippen LogP contribution in [0.15, 0.2) is 17.8 Å². The molecule has 1 aliphatic heterocycles. The van der Waals surface area contributed by atoms with Crippen molar-refractivity contribution in [1.82, 2.24) is 10.6 Å². The zero-order chi connectivity index (χ0) is 16.3. The van der Waals surface area contributed by atoms with Gasteiger partial charge in [-0.1, -0.05) is 0 Å². The van der Waals surface area contributed by atoms with E-state index < -0.39 is 11.9 Å². The van der Waals surface area contributed by atoms with Gasteiger partial charge in [0.25, 0.3) is 5.91 Å². The molecule has 1 fully saturated rings. The summed E-state index contributed by atoms with van der Waals surface area (Å²) in [6, 6.07) is 3.13. The highest BCUT2D eigenvalue weighted by Gasteiger charge is 2.23. The van der Waals surface area contributed by atoms with E-state index in [2.05, 4.69) is 33.2 Å². The minimum absolute atomic E-state index is 0.0248. The summed E-state index contributed by atoms with van der Waals surface area (Å²) in [5.41, 5.74) is 0.956. The minimum Gasteiger partial charge on any atom is -0.490 e. The molecule has 0 aliphatic carbocycles. The van der Waals surface area contributed by atoms with E-state index in [-0.39, 0.29) is 11.8 Å². The van der Waals surface area contributed by atoms with Crippen LogP contribution in [0.2, 0.25) is 0 Å². The molecule has 2 rings (SSSR count). The Morgan fingerprint density at radius 2 is 2.00 bits per heavy atom. The summed E-state index contributed by atoms with van der Waals surface area (Å²) < 4.78 is 12.3. The van der Waals surface area contributed by atoms with E-state index in [0.717, 1.165) is 9.13 Å². The van der Waals surface area contributed by atoms with E-state index in [9.17, 15) is 9.59 Å². The van der Waals surface area contributed by atoms with Crippen LogP contribution in [0.4, 0.5) is 4.79 Å². The zero-order valence-corrected chi connectivity index (χ0v) is 14.7. The molecule has 118 valence electrons. The molecule has 22 heavy (non-hydrogen) atoms. The predicted molar refractivity (Wildman–Crippen MR) is 90.7 cm³/mol. The second-order valence-electron chi connectivity index (χ2n) is 4.90. The molecule has 7 heteroatoms. The molecule has 6 nitrogen and oxygen atoms in total. The standard InChI is InChI=1S/C15H17IN2O4/c1-4-21-12-7-9(5-10(16)13(12)22-8(2)3)6-11-14(19)18-15(20)17-11/h5-8H,4H2,1-3H3,(H2,17,18,19,20)/b11-6+. The van der Waals surface area contributed by atoms with Crippen LogP contribution in [0.1, 0.15) is 26.3 Å². The van der Waals surface area contributed by atoms with Gasteiger partial charge < -0.3 is 14.8 Å². The Balaban J connectivity index is 2.40. The van der Waals surface area contributed by atoms with Gasteiger partial charge >= 0.3 is 6.03 Å². The summed E-state index contributed by atoms with van der Waals surface area (Å²) >= 11 is 2.16. The van der Waals surface area contributed by atoms with Crippen LogP contribution >= 0.6 is 22.6 Å². The average molecular weight is 416 g/mol. The van der Waals surface area contributed by atoms with Gasteiger partial charge in [0.05, 0.1) is 16.3 Å². The van der Waals surface area contributed by atoms with Crippen LogP contribution in [-0.4, -0.2) is 24.6 Å². The molecule has 0 saturated carbocycles. The van der Waals surface area contributed by atoms with Crippen molar-refractivity contribution in [3.63, 3.8) is 0 Å². The van der Waals surface area contributed by atoms with Gasteiger partial charge in [-0.3, -0.25) is 10.1 Å². The number of halogens is 1. The Morgan fingerprint density at radius 1 is 1.27 bits per heavy atom. The van der Waals surface area contributed by atoms with Crippen molar-refractivity contribution >= 4 is 40.6 Å². The number of imide groups is 1. The Kier molecular flexibility index (Phi) is 5.28. The fourth-order valence-corrected chi connectivity index (χ4v) is 2.69. The van der Waals surface area contributed by atoms with E-state index in [4.69, 9.17) is 9.47 Å². The van der Waals surface area contributed by atoms with Gasteiger partial charge in [0.1, 0.15) is 5.70 Å². The van der Waals surface area contributed by atoms with Crippen molar-refractivity contribution in [2.75, 3.05) is 6.61 Å². The van der Waals surface area contributed by atoms with E-state index in [1.807, 2.05) is 26.8 Å². The van der Waals surface area contributed by atoms with Crippen LogP contribution in [0.3, 0.4) is 0 Å². The maximum atomic E-state index is 11.6. The van der Waals surface area contributed by atoms with E-state index in [1.165, 1.54) is 0 Å². The highest BCUT2D eigenvalue weighted by molar-refractivity contribution is 14.1. The summed E-state index contributed by atoms with van der Waals surface area (Å²) in [5, 5.41) is 4.62. The molecule has 0 atom stereocenters. The molecule has 1 aromatic rings. The normalized spacial score (nSPS) is 16.0. The van der Waals surface area contributed by atoms with E-state index >= 15 is 0 Å². The number of carbonyl (C=O) groups is 2. The number of nitrogens with one attached hydrogen (secondary N) is 2. The highest BCUT2D eigenvalue weighted by atomic mass is 127. The topological polar surface area (TPSA) is 76.7 Å². The number of carbonyl (C=O) groups excluding carboxylic acids is 2. The van der Waals surface area contributed by atoms with Crippen molar-refractivity contribution in [2.45, 2.75) is 26.9 Å². The van der Waals surface area contributed by atoms with Gasteiger partial charge in [-0.05, 0) is 67.1 Å². The summed E-state index contributed by atoms with van der Waals surface area (Å²) in [7, 11) is 0. The molecule has 0 spiro atoms. The molecule has 1 heterocycles. The molecule has 2 N–H and O–H groups in total. The zero-order valence-electron chi connectivity index (χ0n) is 12.5. The molecule has 0 bridgehead atoms. The minimum atomic E-state index is -0.518. The summed E-state index contributed by atoms with van der Waals surface area (Å²) in [6.45, 7) is 6.28. The van der Waals surface area contributed by atoms with E-state index in [0.29, 0.717) is 18.1 Å². The Labute approximate surface area is 142 Å². The SMILES string of the molecule is CCOc1cc(/C=C2/NC(=O)NC2=O)cc(I)c1OC(C)C. The first-order valence-corrected chi connectivity index (χ1v) is 7.95. The second-order valence-corrected chi connectivity index (χ2v) is 6.06. The maximum Gasteiger partial charge on any atom is 0.326 e. The largest absolute Gasteiger partial charge is 0.490 e. The van der Waals surface area contributed by atoms with Gasteiger partial charge in [-0.25, -0.2) is 4.79 Å². The number of amides is 3. The van der Waals surface area contributed by atoms with Crippen molar-refractivity contribution in [3.8, 4) is 11.5 Å². The van der Waals surface area contributed by atoms with Crippen LogP contribution in [0.5, 0.6) is 11.5 Å². The summed E-state index contributed by atoms with van der Waals surface area (Å²) in [5.74, 6) is 0.847. The third kappa shape index (κ3) is 3.90. The fraction of sp³-hybridized carbons (Fsp3) is 0.333. The number of urea groups is 1. The number of hydrogen-bond acceptors (Lipinski definition) is 4. The van der Waals surface area contributed by atoms with Crippen molar-refractivity contribution < 1.29 is 19.1 Å².